The van der Waals surface area contributed by atoms with Crippen LogP contribution in [-0.2, 0) is 0 Å². The highest BCUT2D eigenvalue weighted by Crippen LogP contribution is 2.41. The fourth-order valence-corrected chi connectivity index (χ4v) is 5.42. The van der Waals surface area contributed by atoms with Gasteiger partial charge in [-0.25, -0.2) is 0 Å². The summed E-state index contributed by atoms with van der Waals surface area (Å²) in [5.74, 6) is 2.63. The molecule has 2 saturated carbocycles. The summed E-state index contributed by atoms with van der Waals surface area (Å²) in [6.07, 6.45) is 9.93. The Morgan fingerprint density at radius 3 is 2.78 bits per heavy atom. The van der Waals surface area contributed by atoms with E-state index in [0.717, 1.165) is 29.0 Å². The smallest absolute Gasteiger partial charge is 0.0380 e. The van der Waals surface area contributed by atoms with Gasteiger partial charge in [-0.2, -0.15) is 0 Å². The Kier molecular flexibility index (Phi) is 3.93. The van der Waals surface area contributed by atoms with E-state index in [1.54, 1.807) is 5.70 Å². The second kappa shape index (κ2) is 5.48. The molecular weight excluding hydrogens is 238 g/mol. The minimum absolute atomic E-state index is 0.773. The molecule has 1 aliphatic heterocycles. The van der Waals surface area contributed by atoms with E-state index in [0.29, 0.717) is 0 Å². The van der Waals surface area contributed by atoms with Crippen LogP contribution in [0, 0.1) is 17.8 Å². The summed E-state index contributed by atoms with van der Waals surface area (Å²) in [5.41, 5.74) is 1.59. The van der Waals surface area contributed by atoms with Crippen molar-refractivity contribution < 1.29 is 0 Å². The Morgan fingerprint density at radius 2 is 1.94 bits per heavy atom. The van der Waals surface area contributed by atoms with Gasteiger partial charge in [0.25, 0.3) is 0 Å². The lowest BCUT2D eigenvalue weighted by atomic mass is 9.74. The maximum Gasteiger partial charge on any atom is 0.0380 e. The van der Waals surface area contributed by atoms with Gasteiger partial charge in [-0.15, -0.1) is 11.8 Å². The maximum absolute atomic E-state index is 3.91. The summed E-state index contributed by atoms with van der Waals surface area (Å²) in [6, 6.07) is 0.773. The predicted molar refractivity (Wildman–Crippen MR) is 80.5 cm³/mol. The van der Waals surface area contributed by atoms with Crippen LogP contribution in [0.1, 0.15) is 58.8 Å². The topological polar surface area (TPSA) is 12.0 Å². The SMILES string of the molecule is C[C@H]1CC[C@H](C2=CS[C@@H]3CCCC[C@@H]3N2)[C@H](C)C1. The monoisotopic (exact) mass is 265 g/mol. The molecule has 1 nitrogen and oxygen atoms in total. The van der Waals surface area contributed by atoms with Crippen molar-refractivity contribution >= 4 is 11.8 Å². The lowest BCUT2D eigenvalue weighted by molar-refractivity contribution is 0.219. The van der Waals surface area contributed by atoms with Gasteiger partial charge in [-0.05, 0) is 42.9 Å². The number of rotatable bonds is 1. The Labute approximate surface area is 116 Å². The standard InChI is InChI=1S/C16H27NS/c1-11-7-8-13(12(2)9-11)15-10-18-16-6-4-3-5-14(16)17-15/h10-14,16-17H,3-9H2,1-2H3/t11-,12+,13-,14-,16+/m0/s1. The molecule has 3 rings (SSSR count). The highest BCUT2D eigenvalue weighted by Gasteiger charge is 2.34. The molecule has 1 N–H and O–H groups in total. The fourth-order valence-electron chi connectivity index (χ4n) is 4.16. The van der Waals surface area contributed by atoms with Gasteiger partial charge in [0.2, 0.25) is 0 Å². The Hall–Kier alpha value is -0.110. The zero-order valence-corrected chi connectivity index (χ0v) is 12.6. The molecule has 5 atom stereocenters. The maximum atomic E-state index is 3.91. The van der Waals surface area contributed by atoms with Crippen molar-refractivity contribution in [1.82, 2.24) is 5.32 Å². The summed E-state index contributed by atoms with van der Waals surface area (Å²) in [4.78, 5) is 0. The Balaban J connectivity index is 1.67. The predicted octanol–water partition coefficient (Wildman–Crippen LogP) is 4.55. The molecule has 0 radical (unpaired) electrons. The number of hydrogen-bond donors (Lipinski definition) is 1. The van der Waals surface area contributed by atoms with Crippen molar-refractivity contribution in [1.29, 1.82) is 0 Å². The molecule has 0 unspecified atom stereocenters. The fraction of sp³-hybridized carbons (Fsp3) is 0.875. The minimum atomic E-state index is 0.773. The van der Waals surface area contributed by atoms with Crippen LogP contribution in [0.3, 0.4) is 0 Å². The number of hydrogen-bond acceptors (Lipinski definition) is 2. The van der Waals surface area contributed by atoms with E-state index in [4.69, 9.17) is 0 Å². The second-order valence-electron chi connectivity index (χ2n) is 6.79. The number of fused-ring (bicyclic) bond motifs is 1. The highest BCUT2D eigenvalue weighted by molar-refractivity contribution is 8.02. The first-order chi connectivity index (χ1) is 8.74. The van der Waals surface area contributed by atoms with Crippen LogP contribution in [0.25, 0.3) is 0 Å². The van der Waals surface area contributed by atoms with Crippen LogP contribution >= 0.6 is 11.8 Å². The van der Waals surface area contributed by atoms with Crippen LogP contribution in [0.4, 0.5) is 0 Å². The zero-order chi connectivity index (χ0) is 12.5. The first-order valence-corrected chi connectivity index (χ1v) is 8.80. The summed E-state index contributed by atoms with van der Waals surface area (Å²) in [6.45, 7) is 4.88. The molecule has 2 fully saturated rings. The number of allylic oxidation sites excluding steroid dienone is 1. The quantitative estimate of drug-likeness (QED) is 0.746. The molecule has 0 spiro atoms. The van der Waals surface area contributed by atoms with Crippen molar-refractivity contribution in [3.8, 4) is 0 Å². The average molecular weight is 265 g/mol. The van der Waals surface area contributed by atoms with Crippen molar-refractivity contribution in [2.45, 2.75) is 70.1 Å². The Bertz CT molecular complexity index is 325. The molecule has 1 heterocycles. The van der Waals surface area contributed by atoms with E-state index in [1.807, 2.05) is 0 Å². The van der Waals surface area contributed by atoms with Gasteiger partial charge in [-0.1, -0.05) is 33.1 Å². The lowest BCUT2D eigenvalue weighted by Gasteiger charge is -2.41. The molecule has 0 amide bonds. The van der Waals surface area contributed by atoms with Gasteiger partial charge >= 0.3 is 0 Å². The van der Waals surface area contributed by atoms with E-state index >= 15 is 0 Å². The van der Waals surface area contributed by atoms with Gasteiger partial charge < -0.3 is 5.32 Å². The lowest BCUT2D eigenvalue weighted by Crippen LogP contribution is -2.44. The number of nitrogens with one attached hydrogen (secondary N) is 1. The number of thioether (sulfide) groups is 1. The van der Waals surface area contributed by atoms with Gasteiger partial charge in [0.15, 0.2) is 0 Å². The summed E-state index contributed by atoms with van der Waals surface area (Å²) in [5, 5.41) is 7.25. The molecule has 0 saturated heterocycles. The average Bonchev–Trinajstić information content (AvgIpc) is 2.38. The third-order valence-electron chi connectivity index (χ3n) is 5.26. The highest BCUT2D eigenvalue weighted by atomic mass is 32.2. The van der Waals surface area contributed by atoms with Gasteiger partial charge in [-0.3, -0.25) is 0 Å². The van der Waals surface area contributed by atoms with Crippen molar-refractivity contribution in [2.75, 3.05) is 0 Å². The first-order valence-electron chi connectivity index (χ1n) is 7.86. The molecule has 0 aromatic heterocycles. The largest absolute Gasteiger partial charge is 0.384 e. The van der Waals surface area contributed by atoms with Crippen LogP contribution in [-0.4, -0.2) is 11.3 Å². The first kappa shape index (κ1) is 12.9. The van der Waals surface area contributed by atoms with E-state index in [-0.39, 0.29) is 0 Å². The Morgan fingerprint density at radius 1 is 1.11 bits per heavy atom. The van der Waals surface area contributed by atoms with Gasteiger partial charge in [0.1, 0.15) is 0 Å². The molecule has 0 aromatic carbocycles. The minimum Gasteiger partial charge on any atom is -0.384 e. The molecule has 18 heavy (non-hydrogen) atoms. The molecule has 2 heteroatoms. The zero-order valence-electron chi connectivity index (χ0n) is 11.8. The van der Waals surface area contributed by atoms with Crippen LogP contribution in [0.5, 0.6) is 0 Å². The van der Waals surface area contributed by atoms with E-state index in [9.17, 15) is 0 Å². The van der Waals surface area contributed by atoms with Crippen LogP contribution in [0.2, 0.25) is 0 Å². The summed E-state index contributed by atoms with van der Waals surface area (Å²) >= 11 is 2.13. The molecular formula is C16H27NS. The third-order valence-corrected chi connectivity index (χ3v) is 6.56. The third kappa shape index (κ3) is 2.59. The van der Waals surface area contributed by atoms with Crippen molar-refractivity contribution in [3.63, 3.8) is 0 Å². The van der Waals surface area contributed by atoms with E-state index in [2.05, 4.69) is 36.3 Å². The van der Waals surface area contributed by atoms with E-state index in [1.165, 1.54) is 44.9 Å². The van der Waals surface area contributed by atoms with Crippen molar-refractivity contribution in [2.24, 2.45) is 17.8 Å². The molecule has 0 aromatic rings. The van der Waals surface area contributed by atoms with Crippen LogP contribution in [0.15, 0.2) is 11.1 Å². The van der Waals surface area contributed by atoms with Crippen LogP contribution < -0.4 is 5.32 Å². The molecule has 3 aliphatic rings. The summed E-state index contributed by atoms with van der Waals surface area (Å²) in [7, 11) is 0. The normalized spacial score (nSPS) is 44.8. The van der Waals surface area contributed by atoms with Gasteiger partial charge in [0.05, 0.1) is 0 Å². The van der Waals surface area contributed by atoms with Gasteiger partial charge in [0, 0.05) is 22.9 Å². The van der Waals surface area contributed by atoms with E-state index < -0.39 is 0 Å². The molecule has 2 aliphatic carbocycles. The van der Waals surface area contributed by atoms with Crippen molar-refractivity contribution in [3.05, 3.63) is 11.1 Å². The summed E-state index contributed by atoms with van der Waals surface area (Å²) < 4.78 is 0. The molecule has 0 bridgehead atoms. The molecule has 102 valence electrons. The second-order valence-corrected chi connectivity index (χ2v) is 7.90.